The van der Waals surface area contributed by atoms with Gasteiger partial charge in [0.15, 0.2) is 0 Å². The van der Waals surface area contributed by atoms with Crippen molar-refractivity contribution in [2.24, 2.45) is 5.92 Å². The molecular formula is C16H23BrN2O. The number of halogens is 1. The zero-order chi connectivity index (χ0) is 14.5. The molecule has 1 amide bonds. The molecule has 3 nitrogen and oxygen atoms in total. The second-order valence-electron chi connectivity index (χ2n) is 5.75. The molecule has 0 aromatic heterocycles. The number of carbonyl (C=O) groups excluding carboxylic acids is 1. The fraction of sp³-hybridized carbons (Fsp3) is 0.562. The van der Waals surface area contributed by atoms with Crippen molar-refractivity contribution < 1.29 is 4.79 Å². The molecule has 1 heterocycles. The quantitative estimate of drug-likeness (QED) is 0.905. The third kappa shape index (κ3) is 4.23. The summed E-state index contributed by atoms with van der Waals surface area (Å²) in [4.78, 5) is 14.2. The molecule has 2 rings (SSSR count). The van der Waals surface area contributed by atoms with Crippen LogP contribution in [0.2, 0.25) is 0 Å². The molecule has 1 unspecified atom stereocenters. The fourth-order valence-corrected chi connectivity index (χ4v) is 3.28. The monoisotopic (exact) mass is 338 g/mol. The summed E-state index contributed by atoms with van der Waals surface area (Å²) < 4.78 is 1.05. The van der Waals surface area contributed by atoms with Crippen LogP contribution in [-0.4, -0.2) is 30.4 Å². The molecule has 0 radical (unpaired) electrons. The van der Waals surface area contributed by atoms with E-state index in [9.17, 15) is 4.79 Å². The van der Waals surface area contributed by atoms with Gasteiger partial charge in [0.25, 0.3) is 0 Å². The van der Waals surface area contributed by atoms with Crippen molar-refractivity contribution in [3.05, 3.63) is 28.2 Å². The molecule has 110 valence electrons. The molecule has 4 heteroatoms. The van der Waals surface area contributed by atoms with Crippen LogP contribution in [0.4, 0.5) is 5.69 Å². The Labute approximate surface area is 129 Å². The molecule has 1 N–H and O–H groups in total. The van der Waals surface area contributed by atoms with Gasteiger partial charge >= 0.3 is 0 Å². The minimum atomic E-state index is 0.271. The summed E-state index contributed by atoms with van der Waals surface area (Å²) in [6.07, 6.45) is 2.95. The highest BCUT2D eigenvalue weighted by Gasteiger charge is 2.20. The number of rotatable bonds is 4. The molecular weight excluding hydrogens is 316 g/mol. The number of amides is 1. The predicted octanol–water partition coefficient (Wildman–Crippen LogP) is 3.82. The van der Waals surface area contributed by atoms with E-state index in [1.807, 2.05) is 11.0 Å². The number of nitrogens with zero attached hydrogens (tertiary/aromatic N) is 1. The van der Waals surface area contributed by atoms with Crippen molar-refractivity contribution in [2.45, 2.75) is 33.1 Å². The van der Waals surface area contributed by atoms with Gasteiger partial charge in [0.05, 0.1) is 0 Å². The lowest BCUT2D eigenvalue weighted by Gasteiger charge is -2.31. The maximum Gasteiger partial charge on any atom is 0.224 e. The van der Waals surface area contributed by atoms with Crippen LogP contribution in [0.15, 0.2) is 22.7 Å². The molecule has 0 spiro atoms. The van der Waals surface area contributed by atoms with E-state index in [0.29, 0.717) is 18.9 Å². The maximum absolute atomic E-state index is 12.1. The average molecular weight is 339 g/mol. The Morgan fingerprint density at radius 1 is 1.50 bits per heavy atom. The molecule has 1 aliphatic rings. The Morgan fingerprint density at radius 3 is 3.00 bits per heavy atom. The van der Waals surface area contributed by atoms with Crippen LogP contribution in [0, 0.1) is 12.8 Å². The standard InChI is InChI=1S/C16H23BrN2O/c1-12-5-6-15(14(17)10-12)18-8-7-16(20)19-9-3-4-13(2)11-19/h5-6,10,13,18H,3-4,7-9,11H2,1-2H3. The van der Waals surface area contributed by atoms with Crippen molar-refractivity contribution in [2.75, 3.05) is 25.0 Å². The highest BCUT2D eigenvalue weighted by molar-refractivity contribution is 9.10. The van der Waals surface area contributed by atoms with Gasteiger partial charge in [-0.25, -0.2) is 0 Å². The van der Waals surface area contributed by atoms with E-state index < -0.39 is 0 Å². The number of carbonyl (C=O) groups is 1. The van der Waals surface area contributed by atoms with Gasteiger partial charge in [-0.15, -0.1) is 0 Å². The van der Waals surface area contributed by atoms with E-state index in [1.165, 1.54) is 12.0 Å². The van der Waals surface area contributed by atoms with Gasteiger partial charge in [-0.1, -0.05) is 13.0 Å². The lowest BCUT2D eigenvalue weighted by atomic mass is 10.00. The van der Waals surface area contributed by atoms with Crippen LogP contribution in [-0.2, 0) is 4.79 Å². The zero-order valence-electron chi connectivity index (χ0n) is 12.3. The summed E-state index contributed by atoms with van der Waals surface area (Å²) in [6.45, 7) is 6.83. The fourth-order valence-electron chi connectivity index (χ4n) is 2.64. The van der Waals surface area contributed by atoms with E-state index in [2.05, 4.69) is 47.2 Å². The van der Waals surface area contributed by atoms with Crippen molar-refractivity contribution >= 4 is 27.5 Å². The van der Waals surface area contributed by atoms with Gasteiger partial charge in [-0.05, 0) is 59.3 Å². The summed E-state index contributed by atoms with van der Waals surface area (Å²) in [5, 5.41) is 3.33. The highest BCUT2D eigenvalue weighted by Crippen LogP contribution is 2.23. The Bertz CT molecular complexity index is 476. The van der Waals surface area contributed by atoms with Crippen molar-refractivity contribution in [1.82, 2.24) is 4.90 Å². The van der Waals surface area contributed by atoms with Gasteiger partial charge in [-0.3, -0.25) is 4.79 Å². The summed E-state index contributed by atoms with van der Waals surface area (Å²) in [7, 11) is 0. The SMILES string of the molecule is Cc1ccc(NCCC(=O)N2CCCC(C)C2)c(Br)c1. The summed E-state index contributed by atoms with van der Waals surface area (Å²) in [6, 6.07) is 6.20. The van der Waals surface area contributed by atoms with E-state index in [0.717, 1.165) is 29.7 Å². The van der Waals surface area contributed by atoms with Gasteiger partial charge in [0.2, 0.25) is 5.91 Å². The van der Waals surface area contributed by atoms with Crippen molar-refractivity contribution in [3.63, 3.8) is 0 Å². The van der Waals surface area contributed by atoms with Crippen LogP contribution in [0.3, 0.4) is 0 Å². The molecule has 1 aromatic carbocycles. The third-order valence-corrected chi connectivity index (χ3v) is 4.44. The second kappa shape index (κ2) is 7.11. The van der Waals surface area contributed by atoms with Crippen LogP contribution in [0.1, 0.15) is 31.7 Å². The molecule has 1 fully saturated rings. The number of hydrogen-bond donors (Lipinski definition) is 1. The second-order valence-corrected chi connectivity index (χ2v) is 6.60. The molecule has 1 atom stereocenters. The maximum atomic E-state index is 12.1. The summed E-state index contributed by atoms with van der Waals surface area (Å²) in [5.74, 6) is 0.916. The van der Waals surface area contributed by atoms with Gasteiger partial charge in [0.1, 0.15) is 0 Å². The number of anilines is 1. The first kappa shape index (κ1) is 15.4. The molecule has 20 heavy (non-hydrogen) atoms. The van der Waals surface area contributed by atoms with Crippen molar-refractivity contribution in [1.29, 1.82) is 0 Å². The van der Waals surface area contributed by atoms with E-state index >= 15 is 0 Å². The lowest BCUT2D eigenvalue weighted by Crippen LogP contribution is -2.39. The topological polar surface area (TPSA) is 32.3 Å². The smallest absolute Gasteiger partial charge is 0.224 e. The van der Waals surface area contributed by atoms with E-state index in [4.69, 9.17) is 0 Å². The van der Waals surface area contributed by atoms with Gasteiger partial charge in [-0.2, -0.15) is 0 Å². The molecule has 0 saturated carbocycles. The Balaban J connectivity index is 1.79. The average Bonchev–Trinajstić information content (AvgIpc) is 2.41. The summed E-state index contributed by atoms with van der Waals surface area (Å²) >= 11 is 3.54. The van der Waals surface area contributed by atoms with Crippen molar-refractivity contribution in [3.8, 4) is 0 Å². The zero-order valence-corrected chi connectivity index (χ0v) is 13.9. The number of aryl methyl sites for hydroxylation is 1. The van der Waals surface area contributed by atoms with E-state index in [-0.39, 0.29) is 5.91 Å². The normalized spacial score (nSPS) is 18.9. The Hall–Kier alpha value is -1.03. The third-order valence-electron chi connectivity index (χ3n) is 3.79. The van der Waals surface area contributed by atoms with E-state index in [1.54, 1.807) is 0 Å². The molecule has 1 aliphatic heterocycles. The predicted molar refractivity (Wildman–Crippen MR) is 87.0 cm³/mol. The Kier molecular flexibility index (Phi) is 5.46. The van der Waals surface area contributed by atoms with Crippen LogP contribution >= 0.6 is 15.9 Å². The van der Waals surface area contributed by atoms with Crippen LogP contribution in [0.5, 0.6) is 0 Å². The molecule has 0 aliphatic carbocycles. The van der Waals surface area contributed by atoms with Crippen LogP contribution < -0.4 is 5.32 Å². The summed E-state index contributed by atoms with van der Waals surface area (Å²) in [5.41, 5.74) is 2.27. The minimum absolute atomic E-state index is 0.271. The minimum Gasteiger partial charge on any atom is -0.384 e. The first-order valence-corrected chi connectivity index (χ1v) is 8.13. The first-order valence-electron chi connectivity index (χ1n) is 7.34. The van der Waals surface area contributed by atoms with Crippen LogP contribution in [0.25, 0.3) is 0 Å². The number of benzene rings is 1. The van der Waals surface area contributed by atoms with Gasteiger partial charge in [0, 0.05) is 36.2 Å². The molecule has 0 bridgehead atoms. The Morgan fingerprint density at radius 2 is 2.30 bits per heavy atom. The molecule has 1 aromatic rings. The molecule has 1 saturated heterocycles. The van der Waals surface area contributed by atoms with Gasteiger partial charge < -0.3 is 10.2 Å². The number of piperidine rings is 1. The first-order chi connectivity index (χ1) is 9.56. The largest absolute Gasteiger partial charge is 0.384 e. The number of nitrogens with one attached hydrogen (secondary N) is 1. The lowest BCUT2D eigenvalue weighted by molar-refractivity contribution is -0.132. The number of likely N-dealkylation sites (tertiary alicyclic amines) is 1. The number of hydrogen-bond acceptors (Lipinski definition) is 2. The highest BCUT2D eigenvalue weighted by atomic mass is 79.9.